The fourth-order valence-corrected chi connectivity index (χ4v) is 2.37. The lowest BCUT2D eigenvalue weighted by Crippen LogP contribution is -2.05. The Morgan fingerprint density at radius 3 is 2.56 bits per heavy atom. The molecule has 0 saturated carbocycles. The molecule has 1 aromatic heterocycles. The van der Waals surface area contributed by atoms with E-state index >= 15 is 0 Å². The van der Waals surface area contributed by atoms with Crippen molar-refractivity contribution in [2.45, 2.75) is 26.7 Å². The van der Waals surface area contributed by atoms with Crippen molar-refractivity contribution in [1.82, 2.24) is 4.98 Å². The number of ether oxygens (including phenoxy) is 1. The SMILES string of the molecule is COc1ccc(F)c2nc(C)c(C(C)C)c(N)c12. The lowest BCUT2D eigenvalue weighted by molar-refractivity contribution is 0.419. The lowest BCUT2D eigenvalue weighted by Gasteiger charge is -2.17. The Labute approximate surface area is 106 Å². The van der Waals surface area contributed by atoms with Crippen molar-refractivity contribution in [3.05, 3.63) is 29.2 Å². The molecule has 18 heavy (non-hydrogen) atoms. The zero-order chi connectivity index (χ0) is 13.4. The number of hydrogen-bond acceptors (Lipinski definition) is 3. The van der Waals surface area contributed by atoms with Crippen molar-refractivity contribution in [3.8, 4) is 5.75 Å². The number of halogens is 1. The zero-order valence-corrected chi connectivity index (χ0v) is 11.0. The van der Waals surface area contributed by atoms with Crippen molar-refractivity contribution < 1.29 is 9.13 Å². The van der Waals surface area contributed by atoms with Crippen LogP contribution in [0.5, 0.6) is 5.75 Å². The molecule has 0 amide bonds. The minimum absolute atomic E-state index is 0.231. The summed E-state index contributed by atoms with van der Waals surface area (Å²) in [5, 5.41) is 0.562. The van der Waals surface area contributed by atoms with Crippen molar-refractivity contribution in [2.24, 2.45) is 0 Å². The fraction of sp³-hybridized carbons (Fsp3) is 0.357. The van der Waals surface area contributed by atoms with Gasteiger partial charge in [0.15, 0.2) is 0 Å². The minimum Gasteiger partial charge on any atom is -0.496 e. The number of rotatable bonds is 2. The van der Waals surface area contributed by atoms with Gasteiger partial charge in [-0.15, -0.1) is 0 Å². The standard InChI is InChI=1S/C14H17FN2O/c1-7(2)11-8(3)17-14-9(15)5-6-10(18-4)12(14)13(11)16/h5-7H,1-4H3,(H2,16,17). The van der Waals surface area contributed by atoms with Crippen LogP contribution in [0.3, 0.4) is 0 Å². The summed E-state index contributed by atoms with van der Waals surface area (Å²) in [5.74, 6) is 0.407. The highest BCUT2D eigenvalue weighted by atomic mass is 19.1. The van der Waals surface area contributed by atoms with Crippen LogP contribution in [0.2, 0.25) is 0 Å². The van der Waals surface area contributed by atoms with Crippen LogP contribution >= 0.6 is 0 Å². The smallest absolute Gasteiger partial charge is 0.149 e. The molecule has 1 heterocycles. The molecule has 0 bridgehead atoms. The molecule has 0 radical (unpaired) electrons. The molecule has 0 aliphatic rings. The number of pyridine rings is 1. The quantitative estimate of drug-likeness (QED) is 0.886. The summed E-state index contributed by atoms with van der Waals surface area (Å²) in [4.78, 5) is 4.33. The van der Waals surface area contributed by atoms with Crippen LogP contribution in [0.25, 0.3) is 10.9 Å². The van der Waals surface area contributed by atoms with Gasteiger partial charge in [0, 0.05) is 5.69 Å². The average Bonchev–Trinajstić information content (AvgIpc) is 2.30. The van der Waals surface area contributed by atoms with E-state index in [-0.39, 0.29) is 17.3 Å². The second-order valence-electron chi connectivity index (χ2n) is 4.65. The van der Waals surface area contributed by atoms with Crippen LogP contribution in [0.1, 0.15) is 31.0 Å². The third-order valence-corrected chi connectivity index (χ3v) is 3.12. The summed E-state index contributed by atoms with van der Waals surface area (Å²) in [7, 11) is 1.54. The van der Waals surface area contributed by atoms with Gasteiger partial charge in [-0.05, 0) is 30.5 Å². The molecule has 0 saturated heterocycles. The average molecular weight is 248 g/mol. The third-order valence-electron chi connectivity index (χ3n) is 3.12. The molecule has 2 rings (SSSR count). The summed E-state index contributed by atoms with van der Waals surface area (Å²) >= 11 is 0. The van der Waals surface area contributed by atoms with Crippen molar-refractivity contribution in [3.63, 3.8) is 0 Å². The van der Waals surface area contributed by atoms with E-state index in [9.17, 15) is 4.39 Å². The summed E-state index contributed by atoms with van der Waals surface area (Å²) < 4.78 is 19.1. The lowest BCUT2D eigenvalue weighted by atomic mass is 9.96. The summed E-state index contributed by atoms with van der Waals surface area (Å²) in [6.07, 6.45) is 0. The highest BCUT2D eigenvalue weighted by molar-refractivity contribution is 5.97. The van der Waals surface area contributed by atoms with Crippen LogP contribution in [0.15, 0.2) is 12.1 Å². The van der Waals surface area contributed by atoms with Gasteiger partial charge in [0.2, 0.25) is 0 Å². The Morgan fingerprint density at radius 1 is 1.33 bits per heavy atom. The fourth-order valence-electron chi connectivity index (χ4n) is 2.37. The first-order valence-electron chi connectivity index (χ1n) is 5.89. The maximum absolute atomic E-state index is 13.8. The van der Waals surface area contributed by atoms with E-state index in [1.807, 2.05) is 20.8 Å². The Kier molecular flexibility index (Phi) is 3.11. The van der Waals surface area contributed by atoms with Gasteiger partial charge in [0.25, 0.3) is 0 Å². The van der Waals surface area contributed by atoms with Gasteiger partial charge in [0.1, 0.15) is 17.1 Å². The van der Waals surface area contributed by atoms with Crippen LogP contribution in [0, 0.1) is 12.7 Å². The minimum atomic E-state index is -0.379. The molecule has 0 aliphatic carbocycles. The van der Waals surface area contributed by atoms with Crippen LogP contribution in [0.4, 0.5) is 10.1 Å². The third kappa shape index (κ3) is 1.78. The van der Waals surface area contributed by atoms with Gasteiger partial charge in [-0.1, -0.05) is 13.8 Å². The van der Waals surface area contributed by atoms with Gasteiger partial charge >= 0.3 is 0 Å². The Balaban J connectivity index is 2.95. The van der Waals surface area contributed by atoms with Crippen LogP contribution in [-0.2, 0) is 0 Å². The highest BCUT2D eigenvalue weighted by Crippen LogP contribution is 2.37. The van der Waals surface area contributed by atoms with Crippen LogP contribution in [-0.4, -0.2) is 12.1 Å². The predicted octanol–water partition coefficient (Wildman–Crippen LogP) is 3.40. The topological polar surface area (TPSA) is 48.1 Å². The molecule has 4 heteroatoms. The number of anilines is 1. The number of methoxy groups -OCH3 is 1. The van der Waals surface area contributed by atoms with Gasteiger partial charge in [-0.2, -0.15) is 0 Å². The number of nitrogen functional groups attached to an aromatic ring is 1. The monoisotopic (exact) mass is 248 g/mol. The Hall–Kier alpha value is -1.84. The van der Waals surface area contributed by atoms with Gasteiger partial charge in [-0.3, -0.25) is 0 Å². The first kappa shape index (κ1) is 12.6. The van der Waals surface area contributed by atoms with Crippen molar-refractivity contribution in [1.29, 1.82) is 0 Å². The normalized spacial score (nSPS) is 11.2. The second-order valence-corrected chi connectivity index (χ2v) is 4.65. The first-order valence-corrected chi connectivity index (χ1v) is 5.89. The first-order chi connectivity index (χ1) is 8.47. The predicted molar refractivity (Wildman–Crippen MR) is 71.5 cm³/mol. The van der Waals surface area contributed by atoms with E-state index in [1.54, 1.807) is 13.2 Å². The maximum Gasteiger partial charge on any atom is 0.149 e. The molecule has 0 spiro atoms. The molecule has 2 aromatic rings. The van der Waals surface area contributed by atoms with Crippen LogP contribution < -0.4 is 10.5 Å². The van der Waals surface area contributed by atoms with E-state index < -0.39 is 0 Å². The molecule has 1 aromatic carbocycles. The highest BCUT2D eigenvalue weighted by Gasteiger charge is 2.18. The Bertz CT molecular complexity index is 609. The molecule has 0 unspecified atom stereocenters. The number of aromatic nitrogens is 1. The van der Waals surface area contributed by atoms with Gasteiger partial charge in [-0.25, -0.2) is 9.37 Å². The number of aryl methyl sites for hydroxylation is 1. The molecule has 3 nitrogen and oxygen atoms in total. The van der Waals surface area contributed by atoms with E-state index in [0.717, 1.165) is 11.3 Å². The van der Waals surface area contributed by atoms with Gasteiger partial charge < -0.3 is 10.5 Å². The molecule has 0 atom stereocenters. The van der Waals surface area contributed by atoms with E-state index in [2.05, 4.69) is 4.98 Å². The zero-order valence-electron chi connectivity index (χ0n) is 11.0. The second kappa shape index (κ2) is 4.44. The maximum atomic E-state index is 13.8. The van der Waals surface area contributed by atoms with Gasteiger partial charge in [0.05, 0.1) is 18.2 Å². The summed E-state index contributed by atoms with van der Waals surface area (Å²) in [6, 6.07) is 2.93. The van der Waals surface area contributed by atoms with E-state index in [0.29, 0.717) is 16.8 Å². The number of fused-ring (bicyclic) bond motifs is 1. The van der Waals surface area contributed by atoms with Crippen molar-refractivity contribution >= 4 is 16.6 Å². The molecular weight excluding hydrogens is 231 g/mol. The summed E-state index contributed by atoms with van der Waals surface area (Å²) in [6.45, 7) is 5.93. The molecular formula is C14H17FN2O. The molecule has 96 valence electrons. The van der Waals surface area contributed by atoms with E-state index in [1.165, 1.54) is 6.07 Å². The number of hydrogen-bond donors (Lipinski definition) is 1. The van der Waals surface area contributed by atoms with Crippen molar-refractivity contribution in [2.75, 3.05) is 12.8 Å². The number of nitrogens with zero attached hydrogens (tertiary/aromatic N) is 1. The number of benzene rings is 1. The van der Waals surface area contributed by atoms with E-state index in [4.69, 9.17) is 10.5 Å². The molecule has 0 fully saturated rings. The molecule has 0 aliphatic heterocycles. The number of nitrogens with two attached hydrogens (primary N) is 1. The molecule has 2 N–H and O–H groups in total. The Morgan fingerprint density at radius 2 is 2.00 bits per heavy atom. The summed E-state index contributed by atoms with van der Waals surface area (Å²) in [5.41, 5.74) is 8.73. The largest absolute Gasteiger partial charge is 0.496 e.